The Kier molecular flexibility index (Phi) is 9.05. The van der Waals surface area contributed by atoms with Crippen molar-refractivity contribution in [1.82, 2.24) is 0 Å². The third kappa shape index (κ3) is 7.75. The van der Waals surface area contributed by atoms with E-state index in [0.717, 1.165) is 6.42 Å². The standard InChI is InChI=1S/C21H27O6P/c1-3-18(2)21(22)24-16-10-11-17-25-28(23,26-19-12-6-4-7-13-19)27-20-14-8-5-9-15-20/h4-9,12-15,18H,3,10-11,16-17H2,1-2H3. The zero-order chi connectivity index (χ0) is 20.2. The minimum absolute atomic E-state index is 0.102. The molecular formula is C21H27O6P. The van der Waals surface area contributed by atoms with E-state index in [2.05, 4.69) is 0 Å². The average molecular weight is 406 g/mol. The maximum absolute atomic E-state index is 13.1. The molecule has 1 atom stereocenters. The van der Waals surface area contributed by atoms with E-state index >= 15 is 0 Å². The van der Waals surface area contributed by atoms with Gasteiger partial charge in [0.1, 0.15) is 11.5 Å². The zero-order valence-corrected chi connectivity index (χ0v) is 17.2. The van der Waals surface area contributed by atoms with Gasteiger partial charge in [0.05, 0.1) is 19.1 Å². The van der Waals surface area contributed by atoms with Crippen molar-refractivity contribution in [2.45, 2.75) is 33.1 Å². The third-order valence-electron chi connectivity index (χ3n) is 3.97. The van der Waals surface area contributed by atoms with E-state index in [1.54, 1.807) is 48.5 Å². The highest BCUT2D eigenvalue weighted by molar-refractivity contribution is 7.49. The van der Waals surface area contributed by atoms with Gasteiger partial charge >= 0.3 is 13.8 Å². The van der Waals surface area contributed by atoms with Gasteiger partial charge in [-0.2, -0.15) is 0 Å². The van der Waals surface area contributed by atoms with Crippen LogP contribution in [0.3, 0.4) is 0 Å². The first-order valence-corrected chi connectivity index (χ1v) is 10.9. The highest BCUT2D eigenvalue weighted by Crippen LogP contribution is 2.49. The first kappa shape index (κ1) is 22.0. The number of hydrogen-bond donors (Lipinski definition) is 0. The molecule has 0 bridgehead atoms. The Morgan fingerprint density at radius 3 is 1.89 bits per heavy atom. The van der Waals surface area contributed by atoms with Gasteiger partial charge in [-0.1, -0.05) is 50.2 Å². The quantitative estimate of drug-likeness (QED) is 0.258. The molecule has 0 heterocycles. The highest BCUT2D eigenvalue weighted by Gasteiger charge is 2.30. The van der Waals surface area contributed by atoms with E-state index in [0.29, 0.717) is 30.9 Å². The summed E-state index contributed by atoms with van der Waals surface area (Å²) in [6.45, 7) is 4.23. The maximum atomic E-state index is 13.1. The van der Waals surface area contributed by atoms with Gasteiger partial charge in [0.2, 0.25) is 0 Å². The van der Waals surface area contributed by atoms with Crippen LogP contribution in [0.1, 0.15) is 33.1 Å². The molecule has 2 rings (SSSR count). The lowest BCUT2D eigenvalue weighted by Crippen LogP contribution is -2.15. The Labute approximate surface area is 166 Å². The Hall–Kier alpha value is -2.30. The van der Waals surface area contributed by atoms with Crippen molar-refractivity contribution in [1.29, 1.82) is 0 Å². The number of hydrogen-bond acceptors (Lipinski definition) is 6. The SMILES string of the molecule is CCC(C)C(=O)OCCCCOP(=O)(Oc1ccccc1)Oc1ccccc1. The number of rotatable bonds is 12. The first-order chi connectivity index (χ1) is 13.5. The van der Waals surface area contributed by atoms with Gasteiger partial charge in [0.15, 0.2) is 0 Å². The van der Waals surface area contributed by atoms with Crippen molar-refractivity contribution < 1.29 is 27.7 Å². The molecule has 0 saturated heterocycles. The van der Waals surface area contributed by atoms with Crippen molar-refractivity contribution in [2.24, 2.45) is 5.92 Å². The van der Waals surface area contributed by atoms with Crippen LogP contribution in [0, 0.1) is 5.92 Å². The number of phosphoric ester groups is 1. The highest BCUT2D eigenvalue weighted by atomic mass is 31.2. The van der Waals surface area contributed by atoms with Crippen LogP contribution in [0.5, 0.6) is 11.5 Å². The Morgan fingerprint density at radius 2 is 1.39 bits per heavy atom. The molecule has 7 heteroatoms. The lowest BCUT2D eigenvalue weighted by molar-refractivity contribution is -0.148. The van der Waals surface area contributed by atoms with E-state index < -0.39 is 7.82 Å². The molecule has 0 aliphatic carbocycles. The molecule has 6 nitrogen and oxygen atoms in total. The summed E-state index contributed by atoms with van der Waals surface area (Å²) in [6.07, 6.45) is 1.89. The fourth-order valence-corrected chi connectivity index (χ4v) is 3.41. The monoisotopic (exact) mass is 406 g/mol. The summed E-state index contributed by atoms with van der Waals surface area (Å²) in [5.41, 5.74) is 0. The van der Waals surface area contributed by atoms with Crippen molar-refractivity contribution in [2.75, 3.05) is 13.2 Å². The third-order valence-corrected chi connectivity index (χ3v) is 5.34. The molecule has 1 unspecified atom stereocenters. The van der Waals surface area contributed by atoms with Gasteiger partial charge < -0.3 is 13.8 Å². The molecular weight excluding hydrogens is 379 g/mol. The van der Waals surface area contributed by atoms with Crippen molar-refractivity contribution >= 4 is 13.8 Å². The molecule has 0 spiro atoms. The predicted octanol–water partition coefficient (Wildman–Crippen LogP) is 5.64. The molecule has 0 N–H and O–H groups in total. The van der Waals surface area contributed by atoms with Gasteiger partial charge in [-0.15, -0.1) is 0 Å². The fourth-order valence-electron chi connectivity index (χ4n) is 2.15. The normalized spacial score (nSPS) is 12.2. The van der Waals surface area contributed by atoms with Gasteiger partial charge in [0.25, 0.3) is 0 Å². The molecule has 0 amide bonds. The van der Waals surface area contributed by atoms with Crippen molar-refractivity contribution in [3.8, 4) is 11.5 Å². The number of esters is 1. The summed E-state index contributed by atoms with van der Waals surface area (Å²) in [6, 6.07) is 17.5. The number of ether oxygens (including phenoxy) is 1. The van der Waals surface area contributed by atoms with E-state index in [1.807, 2.05) is 26.0 Å². The van der Waals surface area contributed by atoms with Crippen LogP contribution < -0.4 is 9.05 Å². The largest absolute Gasteiger partial charge is 0.587 e. The lowest BCUT2D eigenvalue weighted by atomic mass is 10.1. The Morgan fingerprint density at radius 1 is 0.893 bits per heavy atom. The second-order valence-electron chi connectivity index (χ2n) is 6.27. The van der Waals surface area contributed by atoms with Crippen LogP contribution >= 0.6 is 7.82 Å². The van der Waals surface area contributed by atoms with E-state index in [1.165, 1.54) is 0 Å². The lowest BCUT2D eigenvalue weighted by Gasteiger charge is -2.19. The summed E-state index contributed by atoms with van der Waals surface area (Å²) in [4.78, 5) is 11.6. The minimum Gasteiger partial charge on any atom is -0.465 e. The van der Waals surface area contributed by atoms with E-state index in [-0.39, 0.29) is 18.5 Å². The topological polar surface area (TPSA) is 71.1 Å². The molecule has 0 aliphatic heterocycles. The maximum Gasteiger partial charge on any atom is 0.587 e. The first-order valence-electron chi connectivity index (χ1n) is 9.43. The second kappa shape index (κ2) is 11.5. The number of carbonyl (C=O) groups is 1. The number of unbranched alkanes of at least 4 members (excludes halogenated alkanes) is 1. The zero-order valence-electron chi connectivity index (χ0n) is 16.3. The summed E-state index contributed by atoms with van der Waals surface area (Å²) in [5, 5.41) is 0. The second-order valence-corrected chi connectivity index (χ2v) is 7.79. The van der Waals surface area contributed by atoms with Crippen LogP contribution in [0.4, 0.5) is 0 Å². The molecule has 0 fully saturated rings. The Bertz CT molecular complexity index is 705. The van der Waals surface area contributed by atoms with Gasteiger partial charge in [-0.3, -0.25) is 9.32 Å². The average Bonchev–Trinajstić information content (AvgIpc) is 2.71. The molecule has 28 heavy (non-hydrogen) atoms. The number of carbonyl (C=O) groups excluding carboxylic acids is 1. The molecule has 0 saturated carbocycles. The van der Waals surface area contributed by atoms with Gasteiger partial charge in [0, 0.05) is 0 Å². The van der Waals surface area contributed by atoms with Crippen LogP contribution in [0.15, 0.2) is 60.7 Å². The molecule has 0 aromatic heterocycles. The number of para-hydroxylation sites is 2. The molecule has 2 aromatic carbocycles. The van der Waals surface area contributed by atoms with E-state index in [4.69, 9.17) is 18.3 Å². The molecule has 152 valence electrons. The van der Waals surface area contributed by atoms with E-state index in [9.17, 15) is 9.36 Å². The molecule has 0 aliphatic rings. The smallest absolute Gasteiger partial charge is 0.465 e. The van der Waals surface area contributed by atoms with Crippen LogP contribution in [0.25, 0.3) is 0 Å². The van der Waals surface area contributed by atoms with Crippen LogP contribution in [-0.4, -0.2) is 19.2 Å². The summed E-state index contributed by atoms with van der Waals surface area (Å²) in [7, 11) is -3.86. The van der Waals surface area contributed by atoms with Gasteiger partial charge in [-0.05, 0) is 43.5 Å². The summed E-state index contributed by atoms with van der Waals surface area (Å²) in [5.74, 6) is 0.484. The number of phosphoric acid groups is 1. The molecule has 0 radical (unpaired) electrons. The molecule has 2 aromatic rings. The summed E-state index contributed by atoms with van der Waals surface area (Å²) < 4.78 is 34.8. The predicted molar refractivity (Wildman–Crippen MR) is 107 cm³/mol. The van der Waals surface area contributed by atoms with Crippen LogP contribution in [0.2, 0.25) is 0 Å². The van der Waals surface area contributed by atoms with Crippen molar-refractivity contribution in [3.05, 3.63) is 60.7 Å². The fraction of sp³-hybridized carbons (Fsp3) is 0.381. The number of benzene rings is 2. The minimum atomic E-state index is -3.86. The Balaban J connectivity index is 1.86. The van der Waals surface area contributed by atoms with Gasteiger partial charge in [-0.25, -0.2) is 4.57 Å². The van der Waals surface area contributed by atoms with Crippen LogP contribution in [-0.2, 0) is 18.6 Å². The summed E-state index contributed by atoms with van der Waals surface area (Å²) >= 11 is 0. The van der Waals surface area contributed by atoms with Crippen molar-refractivity contribution in [3.63, 3.8) is 0 Å².